The van der Waals surface area contributed by atoms with E-state index in [9.17, 15) is 0 Å². The van der Waals surface area contributed by atoms with Gasteiger partial charge in [-0.25, -0.2) is 9.97 Å². The quantitative estimate of drug-likeness (QED) is 0.633. The zero-order chi connectivity index (χ0) is 12.7. The molecule has 3 rings (SSSR count). The third kappa shape index (κ3) is 1.82. The molecule has 0 N–H and O–H groups in total. The van der Waals surface area contributed by atoms with E-state index >= 15 is 0 Å². The van der Waals surface area contributed by atoms with Gasteiger partial charge in [-0.3, -0.25) is 0 Å². The van der Waals surface area contributed by atoms with Gasteiger partial charge in [-0.15, -0.1) is 0 Å². The predicted molar refractivity (Wildman–Crippen MR) is 76.7 cm³/mol. The van der Waals surface area contributed by atoms with Crippen molar-refractivity contribution in [3.63, 3.8) is 0 Å². The highest BCUT2D eigenvalue weighted by atomic mass is 79.9. The predicted octanol–water partition coefficient (Wildman–Crippen LogP) is 4.05. The van der Waals surface area contributed by atoms with Gasteiger partial charge in [0.05, 0.1) is 10.2 Å². The fourth-order valence-electron chi connectivity index (χ4n) is 2.06. The molecular formula is C13H9BrClN3. The molecule has 3 nitrogen and oxygen atoms in total. The number of hydrogen-bond acceptors (Lipinski definition) is 2. The van der Waals surface area contributed by atoms with E-state index in [2.05, 4.69) is 42.6 Å². The zero-order valence-corrected chi connectivity index (χ0v) is 11.9. The van der Waals surface area contributed by atoms with Crippen LogP contribution in [0.2, 0.25) is 5.28 Å². The molecule has 0 aliphatic rings. The first-order valence-corrected chi connectivity index (χ1v) is 6.56. The van der Waals surface area contributed by atoms with Crippen molar-refractivity contribution in [2.24, 2.45) is 7.05 Å². The second-order valence-corrected chi connectivity index (χ2v) is 5.20. The van der Waals surface area contributed by atoms with Gasteiger partial charge in [0.25, 0.3) is 0 Å². The lowest BCUT2D eigenvalue weighted by Crippen LogP contribution is -1.88. The van der Waals surface area contributed by atoms with Crippen LogP contribution in [0, 0.1) is 0 Å². The highest BCUT2D eigenvalue weighted by molar-refractivity contribution is 9.10. The van der Waals surface area contributed by atoms with Crippen molar-refractivity contribution in [1.82, 2.24) is 14.5 Å². The summed E-state index contributed by atoms with van der Waals surface area (Å²) in [6.07, 6.45) is 3.72. The van der Waals surface area contributed by atoms with E-state index in [1.54, 1.807) is 6.20 Å². The minimum absolute atomic E-state index is 0.251. The standard InChI is InChI=1S/C13H9BrClN3/c1-18-7-9(8-4-2-3-5-11(8)18)12-10(14)6-16-13(15)17-12/h2-7H,1H3. The fourth-order valence-corrected chi connectivity index (χ4v) is 2.60. The first kappa shape index (κ1) is 11.7. The summed E-state index contributed by atoms with van der Waals surface area (Å²) >= 11 is 9.34. The number of rotatable bonds is 1. The first-order chi connectivity index (χ1) is 8.66. The van der Waals surface area contributed by atoms with E-state index in [0.717, 1.165) is 26.6 Å². The van der Waals surface area contributed by atoms with Crippen molar-refractivity contribution in [3.05, 3.63) is 46.4 Å². The third-order valence-electron chi connectivity index (χ3n) is 2.87. The Morgan fingerprint density at radius 1 is 1.28 bits per heavy atom. The van der Waals surface area contributed by atoms with Crippen LogP contribution in [-0.4, -0.2) is 14.5 Å². The molecule has 1 aromatic carbocycles. The van der Waals surface area contributed by atoms with Crippen LogP contribution in [0.15, 0.2) is 41.1 Å². The zero-order valence-electron chi connectivity index (χ0n) is 9.56. The lowest BCUT2D eigenvalue weighted by molar-refractivity contribution is 0.969. The van der Waals surface area contributed by atoms with Crippen molar-refractivity contribution < 1.29 is 0 Å². The molecule has 0 aliphatic heterocycles. The number of aromatic nitrogens is 3. The number of aryl methyl sites for hydroxylation is 1. The summed E-state index contributed by atoms with van der Waals surface area (Å²) in [6.45, 7) is 0. The largest absolute Gasteiger partial charge is 0.350 e. The van der Waals surface area contributed by atoms with E-state index in [-0.39, 0.29) is 5.28 Å². The Labute approximate surface area is 118 Å². The number of hydrogen-bond donors (Lipinski definition) is 0. The number of fused-ring (bicyclic) bond motifs is 1. The molecule has 0 atom stereocenters. The van der Waals surface area contributed by atoms with Gasteiger partial charge in [-0.05, 0) is 33.6 Å². The summed E-state index contributed by atoms with van der Waals surface area (Å²) in [6, 6.07) is 8.19. The van der Waals surface area contributed by atoms with Crippen LogP contribution in [-0.2, 0) is 7.05 Å². The summed E-state index contributed by atoms with van der Waals surface area (Å²) in [7, 11) is 2.02. The summed E-state index contributed by atoms with van der Waals surface area (Å²) in [5.74, 6) is 0. The van der Waals surface area contributed by atoms with E-state index in [0.29, 0.717) is 0 Å². The van der Waals surface area contributed by atoms with Crippen LogP contribution in [0.4, 0.5) is 0 Å². The molecule has 0 saturated carbocycles. The molecule has 3 aromatic rings. The Bertz CT molecular complexity index is 736. The minimum atomic E-state index is 0.251. The average Bonchev–Trinajstić information content (AvgIpc) is 2.71. The number of halogens is 2. The number of benzene rings is 1. The van der Waals surface area contributed by atoms with Gasteiger partial charge >= 0.3 is 0 Å². The van der Waals surface area contributed by atoms with Crippen molar-refractivity contribution in [2.45, 2.75) is 0 Å². The van der Waals surface area contributed by atoms with Gasteiger partial charge < -0.3 is 4.57 Å². The molecule has 2 aromatic heterocycles. The molecule has 18 heavy (non-hydrogen) atoms. The Morgan fingerprint density at radius 3 is 2.89 bits per heavy atom. The van der Waals surface area contributed by atoms with Gasteiger partial charge in [-0.2, -0.15) is 0 Å². The van der Waals surface area contributed by atoms with Gasteiger partial charge in [0.1, 0.15) is 0 Å². The molecule has 5 heteroatoms. The minimum Gasteiger partial charge on any atom is -0.350 e. The Morgan fingerprint density at radius 2 is 2.06 bits per heavy atom. The van der Waals surface area contributed by atoms with Crippen LogP contribution >= 0.6 is 27.5 Å². The maximum atomic E-state index is 5.87. The van der Waals surface area contributed by atoms with Gasteiger partial charge in [0.2, 0.25) is 5.28 Å². The van der Waals surface area contributed by atoms with Crippen molar-refractivity contribution in [1.29, 1.82) is 0 Å². The molecule has 0 saturated heterocycles. The maximum Gasteiger partial charge on any atom is 0.222 e. The average molecular weight is 323 g/mol. The molecule has 0 unspecified atom stereocenters. The summed E-state index contributed by atoms with van der Waals surface area (Å²) in [5, 5.41) is 1.40. The summed E-state index contributed by atoms with van der Waals surface area (Å²) in [4.78, 5) is 8.25. The summed E-state index contributed by atoms with van der Waals surface area (Å²) in [5.41, 5.74) is 3.02. The lowest BCUT2D eigenvalue weighted by atomic mass is 10.1. The molecule has 90 valence electrons. The number of para-hydroxylation sites is 1. The third-order valence-corrected chi connectivity index (χ3v) is 3.63. The highest BCUT2D eigenvalue weighted by Gasteiger charge is 2.13. The fraction of sp³-hybridized carbons (Fsp3) is 0.0769. The van der Waals surface area contributed by atoms with Crippen molar-refractivity contribution in [3.8, 4) is 11.3 Å². The SMILES string of the molecule is Cn1cc(-c2nc(Cl)ncc2Br)c2ccccc21. The maximum absolute atomic E-state index is 5.87. The van der Waals surface area contributed by atoms with E-state index in [1.165, 1.54) is 0 Å². The molecule has 0 aliphatic carbocycles. The van der Waals surface area contributed by atoms with Crippen LogP contribution in [0.3, 0.4) is 0 Å². The molecule has 0 radical (unpaired) electrons. The van der Waals surface area contributed by atoms with Crippen LogP contribution < -0.4 is 0 Å². The Kier molecular flexibility index (Phi) is 2.84. The Hall–Kier alpha value is -1.39. The second kappa shape index (κ2) is 4.37. The smallest absolute Gasteiger partial charge is 0.222 e. The Balaban J connectivity index is 2.35. The highest BCUT2D eigenvalue weighted by Crippen LogP contribution is 2.33. The monoisotopic (exact) mass is 321 g/mol. The van der Waals surface area contributed by atoms with Gasteiger partial charge in [0, 0.05) is 35.9 Å². The first-order valence-electron chi connectivity index (χ1n) is 5.39. The topological polar surface area (TPSA) is 30.7 Å². The van der Waals surface area contributed by atoms with E-state index < -0.39 is 0 Å². The van der Waals surface area contributed by atoms with Crippen LogP contribution in [0.1, 0.15) is 0 Å². The molecule has 0 spiro atoms. The molecular weight excluding hydrogens is 314 g/mol. The van der Waals surface area contributed by atoms with Crippen molar-refractivity contribution >= 4 is 38.4 Å². The van der Waals surface area contributed by atoms with Gasteiger partial charge in [-0.1, -0.05) is 18.2 Å². The van der Waals surface area contributed by atoms with Crippen LogP contribution in [0.5, 0.6) is 0 Å². The van der Waals surface area contributed by atoms with E-state index in [1.807, 2.05) is 25.4 Å². The van der Waals surface area contributed by atoms with Crippen molar-refractivity contribution in [2.75, 3.05) is 0 Å². The lowest BCUT2D eigenvalue weighted by Gasteiger charge is -2.01. The molecule has 0 bridgehead atoms. The molecule has 0 amide bonds. The molecule has 2 heterocycles. The number of nitrogens with zero attached hydrogens (tertiary/aromatic N) is 3. The summed E-state index contributed by atoms with van der Waals surface area (Å²) < 4.78 is 2.91. The second-order valence-electron chi connectivity index (χ2n) is 4.01. The van der Waals surface area contributed by atoms with Gasteiger partial charge in [0.15, 0.2) is 0 Å². The van der Waals surface area contributed by atoms with Crippen LogP contribution in [0.25, 0.3) is 22.2 Å². The van der Waals surface area contributed by atoms with E-state index in [4.69, 9.17) is 11.6 Å². The normalized spacial score (nSPS) is 11.1. The molecule has 0 fully saturated rings.